The molecule has 0 aliphatic heterocycles. The van der Waals surface area contributed by atoms with Crippen molar-refractivity contribution in [3.8, 4) is 5.75 Å². The molecule has 0 aliphatic rings. The van der Waals surface area contributed by atoms with Crippen molar-refractivity contribution < 1.29 is 22.7 Å². The van der Waals surface area contributed by atoms with E-state index in [0.717, 1.165) is 6.26 Å². The lowest BCUT2D eigenvalue weighted by Crippen LogP contribution is -2.49. The molecule has 11 heteroatoms. The first kappa shape index (κ1) is 29.7. The molecule has 8 nitrogen and oxygen atoms in total. The molecular formula is C25H33Cl2N3O5S. The zero-order valence-electron chi connectivity index (χ0n) is 21.1. The average molecular weight is 559 g/mol. The van der Waals surface area contributed by atoms with Crippen molar-refractivity contribution >= 4 is 50.7 Å². The Balaban J connectivity index is 2.23. The van der Waals surface area contributed by atoms with E-state index in [9.17, 15) is 18.0 Å². The lowest BCUT2D eigenvalue weighted by atomic mass is 10.1. The fourth-order valence-corrected chi connectivity index (χ4v) is 5.08. The molecule has 0 radical (unpaired) electrons. The second-order valence-corrected chi connectivity index (χ2v) is 11.5. The number of nitrogens with one attached hydrogen (secondary N) is 1. The van der Waals surface area contributed by atoms with Gasteiger partial charge in [0.15, 0.2) is 0 Å². The van der Waals surface area contributed by atoms with E-state index in [-0.39, 0.29) is 43.8 Å². The molecule has 1 atom stereocenters. The van der Waals surface area contributed by atoms with Gasteiger partial charge in [-0.25, -0.2) is 8.42 Å². The number of benzene rings is 2. The summed E-state index contributed by atoms with van der Waals surface area (Å²) in [5.74, 6) is -0.191. The van der Waals surface area contributed by atoms with Gasteiger partial charge in [-0.2, -0.15) is 0 Å². The number of halogens is 2. The lowest BCUT2D eigenvalue weighted by Gasteiger charge is -2.30. The van der Waals surface area contributed by atoms with Crippen LogP contribution in [0.1, 0.15) is 39.2 Å². The number of para-hydroxylation sites is 2. The molecule has 2 rings (SSSR count). The Hall–Kier alpha value is -2.49. The number of carbonyl (C=O) groups excluding carboxylic acids is 2. The Morgan fingerprint density at radius 1 is 1.08 bits per heavy atom. The minimum absolute atomic E-state index is 0.0195. The summed E-state index contributed by atoms with van der Waals surface area (Å²) in [5, 5.41) is 3.68. The normalized spacial score (nSPS) is 12.2. The molecule has 2 aromatic rings. The lowest BCUT2D eigenvalue weighted by molar-refractivity contribution is -0.140. The first-order valence-corrected chi connectivity index (χ1v) is 14.1. The zero-order valence-corrected chi connectivity index (χ0v) is 23.5. The largest absolute Gasteiger partial charge is 0.495 e. The Morgan fingerprint density at radius 2 is 1.75 bits per heavy atom. The van der Waals surface area contributed by atoms with Gasteiger partial charge in [-0.15, -0.1) is 0 Å². The topological polar surface area (TPSA) is 96.0 Å². The highest BCUT2D eigenvalue weighted by molar-refractivity contribution is 7.92. The van der Waals surface area contributed by atoms with Crippen molar-refractivity contribution in [2.75, 3.05) is 24.2 Å². The number of carbonyl (C=O) groups is 2. The minimum Gasteiger partial charge on any atom is -0.495 e. The quantitative estimate of drug-likeness (QED) is 0.414. The second-order valence-electron chi connectivity index (χ2n) is 8.71. The van der Waals surface area contributed by atoms with E-state index >= 15 is 0 Å². The summed E-state index contributed by atoms with van der Waals surface area (Å²) in [6, 6.07) is 10.9. The number of sulfonamides is 1. The third-order valence-corrected chi connectivity index (χ3v) is 7.23. The Morgan fingerprint density at radius 3 is 2.33 bits per heavy atom. The third kappa shape index (κ3) is 8.28. The molecule has 0 spiro atoms. The summed E-state index contributed by atoms with van der Waals surface area (Å²) in [6.45, 7) is 5.49. The monoisotopic (exact) mass is 557 g/mol. The first-order chi connectivity index (χ1) is 16.8. The molecule has 0 unspecified atom stereocenters. The maximum absolute atomic E-state index is 13.3. The summed E-state index contributed by atoms with van der Waals surface area (Å²) in [6.07, 6.45) is 1.35. The molecule has 0 saturated heterocycles. The van der Waals surface area contributed by atoms with Gasteiger partial charge >= 0.3 is 0 Å². The number of rotatable bonds is 12. The van der Waals surface area contributed by atoms with Gasteiger partial charge in [0.05, 0.1) is 19.1 Å². The molecule has 0 heterocycles. The van der Waals surface area contributed by atoms with Crippen molar-refractivity contribution in [3.63, 3.8) is 0 Å². The molecule has 198 valence electrons. The van der Waals surface area contributed by atoms with Gasteiger partial charge in [0.2, 0.25) is 21.8 Å². The first-order valence-electron chi connectivity index (χ1n) is 11.5. The second kappa shape index (κ2) is 13.2. The number of amides is 2. The van der Waals surface area contributed by atoms with Crippen LogP contribution in [0.3, 0.4) is 0 Å². The molecule has 0 aromatic heterocycles. The van der Waals surface area contributed by atoms with Crippen molar-refractivity contribution in [1.82, 2.24) is 10.2 Å². The number of ether oxygens (including phenoxy) is 1. The van der Waals surface area contributed by atoms with E-state index in [0.29, 0.717) is 27.0 Å². The highest BCUT2D eigenvalue weighted by Crippen LogP contribution is 2.30. The number of hydrogen-bond acceptors (Lipinski definition) is 5. The van der Waals surface area contributed by atoms with E-state index in [1.807, 2.05) is 13.8 Å². The van der Waals surface area contributed by atoms with E-state index in [1.54, 1.807) is 49.4 Å². The fraction of sp³-hybridized carbons (Fsp3) is 0.440. The Kier molecular flexibility index (Phi) is 10.9. The van der Waals surface area contributed by atoms with E-state index in [1.165, 1.54) is 16.3 Å². The molecule has 36 heavy (non-hydrogen) atoms. The number of hydrogen-bond donors (Lipinski definition) is 1. The number of methoxy groups -OCH3 is 1. The molecule has 0 aliphatic carbocycles. The van der Waals surface area contributed by atoms with E-state index < -0.39 is 16.1 Å². The van der Waals surface area contributed by atoms with Crippen LogP contribution < -0.4 is 14.4 Å². The number of anilines is 1. The van der Waals surface area contributed by atoms with Crippen LogP contribution >= 0.6 is 23.2 Å². The summed E-state index contributed by atoms with van der Waals surface area (Å²) in [7, 11) is -2.17. The van der Waals surface area contributed by atoms with Crippen LogP contribution in [0.15, 0.2) is 42.5 Å². The fourth-order valence-electron chi connectivity index (χ4n) is 3.64. The zero-order chi connectivity index (χ0) is 27.0. The van der Waals surface area contributed by atoms with Crippen LogP contribution in [0.25, 0.3) is 0 Å². The predicted octanol–water partition coefficient (Wildman–Crippen LogP) is 4.49. The summed E-state index contributed by atoms with van der Waals surface area (Å²) in [5.41, 5.74) is 1.04. The van der Waals surface area contributed by atoms with Gasteiger partial charge < -0.3 is 15.0 Å². The molecule has 1 N–H and O–H groups in total. The van der Waals surface area contributed by atoms with Crippen molar-refractivity contribution in [3.05, 3.63) is 58.1 Å². The van der Waals surface area contributed by atoms with Gasteiger partial charge in [0, 0.05) is 35.6 Å². The van der Waals surface area contributed by atoms with Gasteiger partial charge in [0.25, 0.3) is 0 Å². The summed E-state index contributed by atoms with van der Waals surface area (Å²) < 4.78 is 31.6. The molecular weight excluding hydrogens is 525 g/mol. The molecule has 0 saturated carbocycles. The Bertz CT molecular complexity index is 1170. The summed E-state index contributed by atoms with van der Waals surface area (Å²) in [4.78, 5) is 27.5. The van der Waals surface area contributed by atoms with Gasteiger partial charge in [0.1, 0.15) is 11.8 Å². The van der Waals surface area contributed by atoms with Crippen molar-refractivity contribution in [2.45, 2.75) is 52.2 Å². The number of nitrogens with zero attached hydrogens (tertiary/aromatic N) is 2. The molecule has 2 amide bonds. The SMILES string of the molecule is COc1ccccc1N(CCCC(=O)N(Cc1ccc(Cl)cc1Cl)[C@H](C)C(=O)NC(C)C)S(C)(=O)=O. The molecule has 0 fully saturated rings. The van der Waals surface area contributed by atoms with Crippen LogP contribution in [-0.2, 0) is 26.2 Å². The minimum atomic E-state index is -3.64. The van der Waals surface area contributed by atoms with Crippen LogP contribution in [0.2, 0.25) is 10.0 Å². The van der Waals surface area contributed by atoms with Crippen LogP contribution in [0.5, 0.6) is 5.75 Å². The van der Waals surface area contributed by atoms with Crippen LogP contribution in [-0.4, -0.2) is 57.1 Å². The summed E-state index contributed by atoms with van der Waals surface area (Å²) >= 11 is 12.3. The average Bonchev–Trinajstić information content (AvgIpc) is 2.79. The Labute approximate surface area is 223 Å². The van der Waals surface area contributed by atoms with Crippen molar-refractivity contribution in [1.29, 1.82) is 0 Å². The maximum Gasteiger partial charge on any atom is 0.242 e. The predicted molar refractivity (Wildman–Crippen MR) is 144 cm³/mol. The molecule has 0 bridgehead atoms. The molecule has 2 aromatic carbocycles. The standard InChI is InChI=1S/C25H33Cl2N3O5S/c1-17(2)28-25(32)18(3)29(16-19-12-13-20(26)15-21(19)27)24(31)11-8-14-30(36(5,33)34)22-9-6-7-10-23(22)35-4/h6-7,9-10,12-13,15,17-18H,8,11,14,16H2,1-5H3,(H,28,32)/t18-/m1/s1. The van der Waals surface area contributed by atoms with Gasteiger partial charge in [-0.05, 0) is 57.0 Å². The smallest absolute Gasteiger partial charge is 0.242 e. The highest BCUT2D eigenvalue weighted by atomic mass is 35.5. The maximum atomic E-state index is 13.3. The van der Waals surface area contributed by atoms with Crippen molar-refractivity contribution in [2.24, 2.45) is 0 Å². The van der Waals surface area contributed by atoms with Gasteiger partial charge in [-0.3, -0.25) is 13.9 Å². The van der Waals surface area contributed by atoms with Gasteiger partial charge in [-0.1, -0.05) is 41.4 Å². The third-order valence-electron chi connectivity index (χ3n) is 5.46. The van der Waals surface area contributed by atoms with Crippen LogP contribution in [0.4, 0.5) is 5.69 Å². The van der Waals surface area contributed by atoms with Crippen LogP contribution in [0, 0.1) is 0 Å². The van der Waals surface area contributed by atoms with E-state index in [4.69, 9.17) is 27.9 Å². The highest BCUT2D eigenvalue weighted by Gasteiger charge is 2.28. The van der Waals surface area contributed by atoms with E-state index in [2.05, 4.69) is 5.32 Å².